The van der Waals surface area contributed by atoms with Gasteiger partial charge in [0.1, 0.15) is 6.07 Å². The van der Waals surface area contributed by atoms with Crippen molar-refractivity contribution in [3.8, 4) is 6.07 Å². The molecule has 3 nitrogen and oxygen atoms in total. The summed E-state index contributed by atoms with van der Waals surface area (Å²) in [5.41, 5.74) is 1.72. The molecule has 0 N–H and O–H groups in total. The summed E-state index contributed by atoms with van der Waals surface area (Å²) in [6, 6.07) is 8.07. The van der Waals surface area contributed by atoms with Gasteiger partial charge in [-0.15, -0.1) is 11.8 Å². The van der Waals surface area contributed by atoms with Crippen molar-refractivity contribution in [2.45, 2.75) is 21.9 Å². The van der Waals surface area contributed by atoms with Crippen LogP contribution >= 0.6 is 23.5 Å². The smallest absolute Gasteiger partial charge is 0.192 e. The zero-order chi connectivity index (χ0) is 13.0. The summed E-state index contributed by atoms with van der Waals surface area (Å²) in [6.07, 6.45) is 5.52. The van der Waals surface area contributed by atoms with E-state index in [4.69, 9.17) is 0 Å². The lowest BCUT2D eigenvalue weighted by Gasteiger charge is -2.06. The van der Waals surface area contributed by atoms with Crippen molar-refractivity contribution in [3.05, 3.63) is 41.7 Å². The monoisotopic (exact) mass is 273 g/mol. The van der Waals surface area contributed by atoms with Gasteiger partial charge in [0.2, 0.25) is 0 Å². The van der Waals surface area contributed by atoms with Crippen molar-refractivity contribution in [2.24, 2.45) is 0 Å². The second-order valence-corrected chi connectivity index (χ2v) is 5.45. The lowest BCUT2D eigenvalue weighted by molar-refractivity contribution is 0.949. The van der Waals surface area contributed by atoms with Gasteiger partial charge in [-0.05, 0) is 42.6 Å². The number of benzene rings is 1. The van der Waals surface area contributed by atoms with Gasteiger partial charge in [-0.2, -0.15) is 5.26 Å². The number of thioether (sulfide) groups is 1. The fourth-order valence-electron chi connectivity index (χ4n) is 1.41. The molecule has 1 aromatic carbocycles. The topological polar surface area (TPSA) is 49.6 Å². The summed E-state index contributed by atoms with van der Waals surface area (Å²) in [6.45, 7) is 1.95. The molecular formula is C13H11N3S2. The number of aryl methyl sites for hydroxylation is 1. The number of rotatable bonds is 3. The molecule has 0 unspecified atom stereocenters. The van der Waals surface area contributed by atoms with Crippen LogP contribution in [-0.4, -0.2) is 16.2 Å². The lowest BCUT2D eigenvalue weighted by atomic mass is 10.2. The highest BCUT2D eigenvalue weighted by molar-refractivity contribution is 7.99. The molecule has 0 aliphatic rings. The van der Waals surface area contributed by atoms with Gasteiger partial charge in [0.05, 0.1) is 5.56 Å². The first-order valence-electron chi connectivity index (χ1n) is 5.28. The maximum Gasteiger partial charge on any atom is 0.192 e. The third kappa shape index (κ3) is 2.84. The molecule has 0 atom stereocenters. The van der Waals surface area contributed by atoms with Gasteiger partial charge in [0, 0.05) is 22.2 Å². The molecule has 5 heteroatoms. The predicted molar refractivity (Wildman–Crippen MR) is 73.8 cm³/mol. The van der Waals surface area contributed by atoms with Crippen LogP contribution in [0.3, 0.4) is 0 Å². The highest BCUT2D eigenvalue weighted by Crippen LogP contribution is 2.32. The van der Waals surface area contributed by atoms with Crippen molar-refractivity contribution >= 4 is 23.5 Å². The minimum atomic E-state index is 0.662. The first-order valence-corrected chi connectivity index (χ1v) is 7.32. The van der Waals surface area contributed by atoms with E-state index in [9.17, 15) is 5.26 Å². The number of aromatic nitrogens is 2. The maximum absolute atomic E-state index is 9.24. The van der Waals surface area contributed by atoms with Gasteiger partial charge < -0.3 is 0 Å². The van der Waals surface area contributed by atoms with E-state index in [-0.39, 0.29) is 0 Å². The lowest BCUT2D eigenvalue weighted by Crippen LogP contribution is -1.89. The Morgan fingerprint density at radius 3 is 2.44 bits per heavy atom. The fourth-order valence-corrected chi connectivity index (χ4v) is 2.86. The first-order chi connectivity index (χ1) is 8.74. The average Bonchev–Trinajstić information content (AvgIpc) is 2.41. The Morgan fingerprint density at radius 1 is 1.17 bits per heavy atom. The van der Waals surface area contributed by atoms with E-state index < -0.39 is 0 Å². The summed E-state index contributed by atoms with van der Waals surface area (Å²) >= 11 is 2.99. The summed E-state index contributed by atoms with van der Waals surface area (Å²) < 4.78 is 0. The van der Waals surface area contributed by atoms with Crippen LogP contribution < -0.4 is 0 Å². The Labute approximate surface area is 115 Å². The summed E-state index contributed by atoms with van der Waals surface area (Å²) in [5.74, 6) is 0. The Kier molecular flexibility index (Phi) is 4.24. The molecule has 0 saturated heterocycles. The number of hydrogen-bond acceptors (Lipinski definition) is 5. The molecule has 0 aliphatic heterocycles. The molecule has 18 heavy (non-hydrogen) atoms. The minimum Gasteiger partial charge on any atom is -0.231 e. The average molecular weight is 273 g/mol. The summed E-state index contributed by atoms with van der Waals surface area (Å²) in [7, 11) is 0. The zero-order valence-electron chi connectivity index (χ0n) is 10.0. The molecule has 0 saturated carbocycles. The van der Waals surface area contributed by atoms with Crippen LogP contribution in [0.15, 0.2) is 45.5 Å². The van der Waals surface area contributed by atoms with Gasteiger partial charge in [-0.1, -0.05) is 6.07 Å². The molecule has 0 fully saturated rings. The van der Waals surface area contributed by atoms with E-state index >= 15 is 0 Å². The van der Waals surface area contributed by atoms with Gasteiger partial charge in [0.15, 0.2) is 5.16 Å². The Hall–Kier alpha value is -1.51. The molecule has 0 spiro atoms. The van der Waals surface area contributed by atoms with Crippen molar-refractivity contribution in [3.63, 3.8) is 0 Å². The van der Waals surface area contributed by atoms with Crippen molar-refractivity contribution in [1.29, 1.82) is 5.26 Å². The predicted octanol–water partition coefficient (Wildman–Crippen LogP) is 3.53. The molecule has 1 heterocycles. The Balaban J connectivity index is 2.35. The van der Waals surface area contributed by atoms with Crippen LogP contribution in [0.5, 0.6) is 0 Å². The SMILES string of the molecule is CSc1cccc(Sc2ncc(C)cn2)c1C#N. The molecule has 0 radical (unpaired) electrons. The molecular weight excluding hydrogens is 262 g/mol. The first kappa shape index (κ1) is 12.9. The van der Waals surface area contributed by atoms with Crippen molar-refractivity contribution in [2.75, 3.05) is 6.26 Å². The number of nitrogens with zero attached hydrogens (tertiary/aromatic N) is 3. The largest absolute Gasteiger partial charge is 0.231 e. The minimum absolute atomic E-state index is 0.662. The van der Waals surface area contributed by atoms with Gasteiger partial charge >= 0.3 is 0 Å². The molecule has 1 aromatic heterocycles. The second kappa shape index (κ2) is 5.89. The van der Waals surface area contributed by atoms with Crippen LogP contribution in [-0.2, 0) is 0 Å². The fraction of sp³-hybridized carbons (Fsp3) is 0.154. The maximum atomic E-state index is 9.24. The van der Waals surface area contributed by atoms with E-state index in [2.05, 4.69) is 16.0 Å². The van der Waals surface area contributed by atoms with Crippen LogP contribution in [0.4, 0.5) is 0 Å². The van der Waals surface area contributed by atoms with Gasteiger partial charge in [-0.25, -0.2) is 9.97 Å². The molecule has 0 amide bonds. The van der Waals surface area contributed by atoms with Crippen LogP contribution in [0.2, 0.25) is 0 Å². The van der Waals surface area contributed by atoms with E-state index in [1.807, 2.05) is 31.4 Å². The molecule has 0 aliphatic carbocycles. The third-order valence-corrected chi connectivity index (χ3v) is 4.01. The second-order valence-electron chi connectivity index (χ2n) is 3.59. The summed E-state index contributed by atoms with van der Waals surface area (Å²) in [5, 5.41) is 9.90. The van der Waals surface area contributed by atoms with Crippen LogP contribution in [0, 0.1) is 18.3 Å². The zero-order valence-corrected chi connectivity index (χ0v) is 11.7. The van der Waals surface area contributed by atoms with Crippen molar-refractivity contribution in [1.82, 2.24) is 9.97 Å². The highest BCUT2D eigenvalue weighted by atomic mass is 32.2. The quantitative estimate of drug-likeness (QED) is 0.632. The van der Waals surface area contributed by atoms with Crippen LogP contribution in [0.1, 0.15) is 11.1 Å². The number of nitriles is 1. The highest BCUT2D eigenvalue weighted by Gasteiger charge is 2.09. The van der Waals surface area contributed by atoms with E-state index in [1.54, 1.807) is 24.2 Å². The Morgan fingerprint density at radius 2 is 1.83 bits per heavy atom. The number of hydrogen-bond donors (Lipinski definition) is 0. The van der Waals surface area contributed by atoms with Gasteiger partial charge in [0.25, 0.3) is 0 Å². The third-order valence-electron chi connectivity index (χ3n) is 2.28. The van der Waals surface area contributed by atoms with Crippen molar-refractivity contribution < 1.29 is 0 Å². The molecule has 0 bridgehead atoms. The normalized spacial score (nSPS) is 10.1. The van der Waals surface area contributed by atoms with E-state index in [0.717, 1.165) is 15.4 Å². The standard InChI is InChI=1S/C13H11N3S2/c1-9-7-15-13(16-8-9)18-12-5-3-4-11(17-2)10(12)6-14/h3-5,7-8H,1-2H3. The Bertz CT molecular complexity index is 588. The van der Waals surface area contributed by atoms with Gasteiger partial charge in [-0.3, -0.25) is 0 Å². The van der Waals surface area contributed by atoms with E-state index in [1.165, 1.54) is 11.8 Å². The molecule has 2 rings (SSSR count). The molecule has 2 aromatic rings. The van der Waals surface area contributed by atoms with E-state index in [0.29, 0.717) is 10.7 Å². The molecule has 90 valence electrons. The van der Waals surface area contributed by atoms with Crippen LogP contribution in [0.25, 0.3) is 0 Å². The summed E-state index contributed by atoms with van der Waals surface area (Å²) in [4.78, 5) is 10.4.